The lowest BCUT2D eigenvalue weighted by Crippen LogP contribution is -2.39. The molecule has 0 saturated carbocycles. The minimum atomic E-state index is -0.907. The van der Waals surface area contributed by atoms with E-state index in [1.54, 1.807) is 38.0 Å². The third-order valence-corrected chi connectivity index (χ3v) is 6.39. The van der Waals surface area contributed by atoms with Crippen LogP contribution in [-0.2, 0) is 19.1 Å². The number of hydrogen-bond acceptors (Lipinski definition) is 8. The third-order valence-electron chi connectivity index (χ3n) is 6.39. The van der Waals surface area contributed by atoms with Crippen LogP contribution in [0.25, 0.3) is 16.9 Å². The molecule has 0 radical (unpaired) electrons. The summed E-state index contributed by atoms with van der Waals surface area (Å²) >= 11 is 0. The van der Waals surface area contributed by atoms with Gasteiger partial charge < -0.3 is 24.3 Å². The number of nitrogens with zero attached hydrogens (tertiary/aromatic N) is 2. The van der Waals surface area contributed by atoms with Crippen LogP contribution >= 0.6 is 0 Å². The molecule has 1 N–H and O–H groups in total. The van der Waals surface area contributed by atoms with Gasteiger partial charge in [-0.05, 0) is 37.3 Å². The van der Waals surface area contributed by atoms with E-state index in [0.29, 0.717) is 45.3 Å². The number of para-hydroxylation sites is 1. The van der Waals surface area contributed by atoms with Crippen molar-refractivity contribution in [3.8, 4) is 28.4 Å². The number of carbonyl (C=O) groups is 2. The number of carbonyl (C=O) groups excluding carboxylic acids is 2. The molecule has 0 aliphatic carbocycles. The summed E-state index contributed by atoms with van der Waals surface area (Å²) in [7, 11) is 5.72. The number of nitrogens with one attached hydrogen (secondary N) is 1. The van der Waals surface area contributed by atoms with Crippen molar-refractivity contribution in [1.82, 2.24) is 15.1 Å². The first kappa shape index (κ1) is 25.6. The van der Waals surface area contributed by atoms with Gasteiger partial charge in [-0.15, -0.1) is 0 Å². The Morgan fingerprint density at radius 1 is 0.973 bits per heavy atom. The molecular formula is C28H29N3O6. The predicted octanol–water partition coefficient (Wildman–Crippen LogP) is 3.99. The number of ether oxygens (including phenoxy) is 4. The first-order chi connectivity index (χ1) is 17.8. The molecular weight excluding hydrogens is 474 g/mol. The number of allylic oxidation sites excluding steroid dienone is 1. The van der Waals surface area contributed by atoms with Gasteiger partial charge in [0, 0.05) is 34.6 Å². The Morgan fingerprint density at radius 2 is 1.68 bits per heavy atom. The van der Waals surface area contributed by atoms with Crippen LogP contribution in [0, 0.1) is 5.92 Å². The molecule has 1 aliphatic heterocycles. The third kappa shape index (κ3) is 4.67. The van der Waals surface area contributed by atoms with Gasteiger partial charge in [-0.1, -0.05) is 24.8 Å². The van der Waals surface area contributed by atoms with Crippen molar-refractivity contribution in [2.45, 2.75) is 12.8 Å². The lowest BCUT2D eigenvalue weighted by molar-refractivity contribution is -0.145. The molecule has 2 unspecified atom stereocenters. The topological polar surface area (TPSA) is 101 Å². The minimum absolute atomic E-state index is 0.291. The van der Waals surface area contributed by atoms with E-state index in [9.17, 15) is 9.59 Å². The second-order valence-electron chi connectivity index (χ2n) is 8.44. The largest absolute Gasteiger partial charge is 0.493 e. The predicted molar refractivity (Wildman–Crippen MR) is 137 cm³/mol. The van der Waals surface area contributed by atoms with E-state index in [0.717, 1.165) is 5.69 Å². The fraction of sp³-hybridized carbons (Fsp3) is 0.250. The second-order valence-corrected chi connectivity index (χ2v) is 8.44. The van der Waals surface area contributed by atoms with E-state index < -0.39 is 23.8 Å². The van der Waals surface area contributed by atoms with Gasteiger partial charge in [0.2, 0.25) is 0 Å². The van der Waals surface area contributed by atoms with Crippen molar-refractivity contribution >= 4 is 11.9 Å². The number of hydrogen-bond donors (Lipinski definition) is 1. The summed E-state index contributed by atoms with van der Waals surface area (Å²) < 4.78 is 22.9. The van der Waals surface area contributed by atoms with Gasteiger partial charge in [-0.3, -0.25) is 4.79 Å². The quantitative estimate of drug-likeness (QED) is 0.483. The number of esters is 2. The molecule has 0 spiro atoms. The van der Waals surface area contributed by atoms with E-state index in [2.05, 4.69) is 11.9 Å². The average molecular weight is 504 g/mol. The zero-order valence-electron chi connectivity index (χ0n) is 21.4. The normalized spacial score (nSPS) is 17.2. The van der Waals surface area contributed by atoms with Crippen LogP contribution in [0.3, 0.4) is 0 Å². The summed E-state index contributed by atoms with van der Waals surface area (Å²) in [6, 6.07) is 15.0. The lowest BCUT2D eigenvalue weighted by atomic mass is 9.75. The Bertz CT molecular complexity index is 1380. The standard InChI is InChI=1S/C28H29N3O6/c1-16-23(27(32)36-5)25(24(17(2)29-16)28(33)37-6)20-15-31(19-10-8-7-9-11-19)30-26(20)18-12-13-21(34-3)22(14-18)35-4/h7-15,23,25,29H,1H2,2-6H3. The van der Waals surface area contributed by atoms with Crippen molar-refractivity contribution in [2.75, 3.05) is 28.4 Å². The lowest BCUT2D eigenvalue weighted by Gasteiger charge is -2.34. The van der Waals surface area contributed by atoms with Crippen molar-refractivity contribution in [1.29, 1.82) is 0 Å². The minimum Gasteiger partial charge on any atom is -0.493 e. The Hall–Kier alpha value is -4.53. The molecule has 2 heterocycles. The number of methoxy groups -OCH3 is 4. The molecule has 3 aromatic rings. The molecule has 0 saturated heterocycles. The van der Waals surface area contributed by atoms with Crippen molar-refractivity contribution in [3.63, 3.8) is 0 Å². The number of rotatable bonds is 7. The van der Waals surface area contributed by atoms with Gasteiger partial charge in [0.25, 0.3) is 0 Å². The first-order valence-electron chi connectivity index (χ1n) is 11.5. The van der Waals surface area contributed by atoms with Crippen molar-refractivity contribution in [2.24, 2.45) is 5.92 Å². The van der Waals surface area contributed by atoms with E-state index >= 15 is 0 Å². The fourth-order valence-electron chi connectivity index (χ4n) is 4.65. The van der Waals surface area contributed by atoms with Gasteiger partial charge in [0.15, 0.2) is 11.5 Å². The zero-order valence-corrected chi connectivity index (χ0v) is 21.4. The van der Waals surface area contributed by atoms with Crippen LogP contribution in [0.5, 0.6) is 11.5 Å². The van der Waals surface area contributed by atoms with Crippen LogP contribution in [0.2, 0.25) is 0 Å². The molecule has 1 aromatic heterocycles. The summed E-state index contributed by atoms with van der Waals surface area (Å²) in [6.07, 6.45) is 1.82. The van der Waals surface area contributed by atoms with Crippen LogP contribution in [0.15, 0.2) is 78.3 Å². The summed E-state index contributed by atoms with van der Waals surface area (Å²) in [4.78, 5) is 26.1. The van der Waals surface area contributed by atoms with Crippen molar-refractivity contribution in [3.05, 3.63) is 83.8 Å². The van der Waals surface area contributed by atoms with Crippen LogP contribution in [0.1, 0.15) is 18.4 Å². The summed E-state index contributed by atoms with van der Waals surface area (Å²) in [5, 5.41) is 7.95. The van der Waals surface area contributed by atoms with Crippen LogP contribution < -0.4 is 14.8 Å². The maximum absolute atomic E-state index is 13.1. The molecule has 9 nitrogen and oxygen atoms in total. The van der Waals surface area contributed by atoms with Gasteiger partial charge in [0.05, 0.1) is 45.4 Å². The molecule has 2 aromatic carbocycles. The van der Waals surface area contributed by atoms with Gasteiger partial charge >= 0.3 is 11.9 Å². The average Bonchev–Trinajstić information content (AvgIpc) is 3.37. The number of benzene rings is 2. The Labute approximate surface area is 215 Å². The fourth-order valence-corrected chi connectivity index (χ4v) is 4.65. The van der Waals surface area contributed by atoms with Gasteiger partial charge in [-0.2, -0.15) is 5.10 Å². The highest BCUT2D eigenvalue weighted by Crippen LogP contribution is 2.45. The van der Waals surface area contributed by atoms with Gasteiger partial charge in [-0.25, -0.2) is 9.48 Å². The number of aromatic nitrogens is 2. The summed E-state index contributed by atoms with van der Waals surface area (Å²) in [5.74, 6) is -1.73. The zero-order chi connectivity index (χ0) is 26.7. The highest BCUT2D eigenvalue weighted by molar-refractivity contribution is 5.94. The van der Waals surface area contributed by atoms with Crippen LogP contribution in [0.4, 0.5) is 0 Å². The van der Waals surface area contributed by atoms with E-state index in [1.807, 2.05) is 42.6 Å². The molecule has 0 amide bonds. The van der Waals surface area contributed by atoms with E-state index in [-0.39, 0.29) is 0 Å². The SMILES string of the molecule is C=C1NC(C)=C(C(=O)OC)C(c2cn(-c3ccccc3)nc2-c2ccc(OC)c(OC)c2)C1C(=O)OC. The monoisotopic (exact) mass is 503 g/mol. The molecule has 1 aliphatic rings. The Balaban J connectivity index is 2.03. The highest BCUT2D eigenvalue weighted by Gasteiger charge is 2.44. The van der Waals surface area contributed by atoms with Crippen molar-refractivity contribution < 1.29 is 28.5 Å². The van der Waals surface area contributed by atoms with Gasteiger partial charge in [0.1, 0.15) is 5.92 Å². The molecule has 9 heteroatoms. The molecule has 0 bridgehead atoms. The summed E-state index contributed by atoms with van der Waals surface area (Å²) in [6.45, 7) is 5.81. The Kier molecular flexibility index (Phi) is 7.33. The van der Waals surface area contributed by atoms with E-state index in [1.165, 1.54) is 14.2 Å². The smallest absolute Gasteiger partial charge is 0.336 e. The van der Waals surface area contributed by atoms with Crippen LogP contribution in [-0.4, -0.2) is 50.2 Å². The summed E-state index contributed by atoms with van der Waals surface area (Å²) in [5.41, 5.74) is 3.91. The maximum Gasteiger partial charge on any atom is 0.336 e. The highest BCUT2D eigenvalue weighted by atomic mass is 16.5. The van der Waals surface area contributed by atoms with E-state index in [4.69, 9.17) is 24.0 Å². The molecule has 2 atom stereocenters. The first-order valence-corrected chi connectivity index (χ1v) is 11.5. The molecule has 4 rings (SSSR count). The molecule has 0 fully saturated rings. The molecule has 192 valence electrons. The second kappa shape index (κ2) is 10.6. The Morgan fingerprint density at radius 3 is 2.30 bits per heavy atom. The molecule has 37 heavy (non-hydrogen) atoms. The maximum atomic E-state index is 13.1.